The van der Waals surface area contributed by atoms with Crippen molar-refractivity contribution in [3.8, 4) is 5.75 Å². The molecule has 0 fully saturated rings. The molecule has 27 heavy (non-hydrogen) atoms. The van der Waals surface area contributed by atoms with Gasteiger partial charge in [0.15, 0.2) is 0 Å². The molecule has 138 valence electrons. The third-order valence-corrected chi connectivity index (χ3v) is 5.61. The second kappa shape index (κ2) is 6.74. The molecule has 2 N–H and O–H groups in total. The van der Waals surface area contributed by atoms with Crippen molar-refractivity contribution in [2.75, 3.05) is 6.54 Å². The zero-order valence-corrected chi connectivity index (χ0v) is 15.9. The molecule has 1 aromatic heterocycles. The third-order valence-electron chi connectivity index (χ3n) is 5.36. The molecule has 0 spiro atoms. The Bertz CT molecular complexity index is 1010. The average Bonchev–Trinajstić information content (AvgIpc) is 3.14. The molecular weight excluding hydrogens is 362 g/mol. The molecule has 0 radical (unpaired) electrons. The van der Waals surface area contributed by atoms with E-state index in [0.717, 1.165) is 34.5 Å². The normalized spacial score (nSPS) is 16.3. The van der Waals surface area contributed by atoms with E-state index in [1.807, 2.05) is 43.0 Å². The number of phenolic OH excluding ortho intramolecular Hbond substituents is 1. The number of amides is 1. The van der Waals surface area contributed by atoms with Crippen LogP contribution in [0.2, 0.25) is 5.02 Å². The van der Waals surface area contributed by atoms with Crippen molar-refractivity contribution in [1.82, 2.24) is 14.9 Å². The molecule has 1 aliphatic rings. The lowest BCUT2D eigenvalue weighted by Gasteiger charge is -2.35. The van der Waals surface area contributed by atoms with E-state index < -0.39 is 0 Å². The maximum absolute atomic E-state index is 13.4. The van der Waals surface area contributed by atoms with Gasteiger partial charge in [-0.3, -0.25) is 4.79 Å². The SMILES string of the molecule is Cc1c(O)ccc(C(=O)N2CCc3[nH]cnc3C2c2ccc(Cl)cc2)c1C. The van der Waals surface area contributed by atoms with Gasteiger partial charge in [-0.1, -0.05) is 23.7 Å². The van der Waals surface area contributed by atoms with Crippen molar-refractivity contribution in [3.63, 3.8) is 0 Å². The van der Waals surface area contributed by atoms with Gasteiger partial charge in [0.1, 0.15) is 11.8 Å². The highest BCUT2D eigenvalue weighted by atomic mass is 35.5. The van der Waals surface area contributed by atoms with Crippen LogP contribution in [-0.4, -0.2) is 32.4 Å². The number of hydrogen-bond acceptors (Lipinski definition) is 3. The van der Waals surface area contributed by atoms with E-state index >= 15 is 0 Å². The first-order chi connectivity index (χ1) is 13.0. The van der Waals surface area contributed by atoms with Crippen LogP contribution in [0.4, 0.5) is 0 Å². The summed E-state index contributed by atoms with van der Waals surface area (Å²) in [6.45, 7) is 4.27. The molecule has 0 bridgehead atoms. The van der Waals surface area contributed by atoms with E-state index in [1.54, 1.807) is 18.5 Å². The Kier molecular flexibility index (Phi) is 4.40. The maximum Gasteiger partial charge on any atom is 0.254 e. The minimum Gasteiger partial charge on any atom is -0.508 e. The molecule has 1 aliphatic heterocycles. The Morgan fingerprint density at radius 3 is 2.67 bits per heavy atom. The molecule has 0 saturated carbocycles. The molecule has 1 atom stereocenters. The van der Waals surface area contributed by atoms with Crippen LogP contribution in [0, 0.1) is 13.8 Å². The number of carbonyl (C=O) groups excluding carboxylic acids is 1. The second-order valence-electron chi connectivity index (χ2n) is 6.85. The lowest BCUT2D eigenvalue weighted by Crippen LogP contribution is -2.41. The summed E-state index contributed by atoms with van der Waals surface area (Å²) >= 11 is 6.05. The van der Waals surface area contributed by atoms with Crippen molar-refractivity contribution >= 4 is 17.5 Å². The third kappa shape index (κ3) is 2.98. The van der Waals surface area contributed by atoms with Gasteiger partial charge in [0, 0.05) is 29.2 Å². The molecule has 4 rings (SSSR count). The Labute approximate surface area is 162 Å². The van der Waals surface area contributed by atoms with Crippen molar-refractivity contribution in [3.05, 3.63) is 81.4 Å². The van der Waals surface area contributed by atoms with Gasteiger partial charge in [-0.2, -0.15) is 0 Å². The summed E-state index contributed by atoms with van der Waals surface area (Å²) in [7, 11) is 0. The Balaban J connectivity index is 1.80. The molecule has 6 heteroatoms. The zero-order valence-electron chi connectivity index (χ0n) is 15.2. The topological polar surface area (TPSA) is 69.2 Å². The Morgan fingerprint density at radius 1 is 1.19 bits per heavy atom. The maximum atomic E-state index is 13.4. The molecule has 0 aliphatic carbocycles. The summed E-state index contributed by atoms with van der Waals surface area (Å²) in [6, 6.07) is 10.5. The summed E-state index contributed by atoms with van der Waals surface area (Å²) in [6.07, 6.45) is 2.40. The highest BCUT2D eigenvalue weighted by molar-refractivity contribution is 6.30. The monoisotopic (exact) mass is 381 g/mol. The van der Waals surface area contributed by atoms with Crippen LogP contribution in [0.1, 0.15) is 44.5 Å². The number of nitrogens with zero attached hydrogens (tertiary/aromatic N) is 2. The van der Waals surface area contributed by atoms with Gasteiger partial charge < -0.3 is 15.0 Å². The smallest absolute Gasteiger partial charge is 0.254 e. The fraction of sp³-hybridized carbons (Fsp3) is 0.238. The Hall–Kier alpha value is -2.79. The van der Waals surface area contributed by atoms with E-state index in [4.69, 9.17) is 11.6 Å². The summed E-state index contributed by atoms with van der Waals surface area (Å²) in [5.74, 6) is 0.135. The number of fused-ring (bicyclic) bond motifs is 1. The number of benzene rings is 2. The number of halogens is 1. The van der Waals surface area contributed by atoms with Gasteiger partial charge in [0.05, 0.1) is 12.0 Å². The number of nitrogens with one attached hydrogen (secondary N) is 1. The van der Waals surface area contributed by atoms with Crippen molar-refractivity contribution in [2.24, 2.45) is 0 Å². The van der Waals surface area contributed by atoms with Gasteiger partial charge >= 0.3 is 0 Å². The van der Waals surface area contributed by atoms with Crippen LogP contribution in [0.3, 0.4) is 0 Å². The molecular formula is C21H20ClN3O2. The number of carbonyl (C=O) groups is 1. The standard InChI is InChI=1S/C21H20ClN3O2/c1-12-13(2)18(26)8-7-16(12)21(27)25-10-9-17-19(24-11-23-17)20(25)14-3-5-15(22)6-4-14/h3-8,11,20,26H,9-10H2,1-2H3,(H,23,24). The van der Waals surface area contributed by atoms with Gasteiger partial charge in [-0.15, -0.1) is 0 Å². The minimum atomic E-state index is -0.279. The van der Waals surface area contributed by atoms with Crippen molar-refractivity contribution in [2.45, 2.75) is 26.3 Å². The molecule has 2 heterocycles. The van der Waals surface area contributed by atoms with Crippen LogP contribution in [0.15, 0.2) is 42.7 Å². The molecule has 1 amide bonds. The fourth-order valence-electron chi connectivity index (χ4n) is 3.67. The van der Waals surface area contributed by atoms with Crippen molar-refractivity contribution in [1.29, 1.82) is 0 Å². The molecule has 5 nitrogen and oxygen atoms in total. The molecule has 3 aromatic rings. The molecule has 2 aromatic carbocycles. The minimum absolute atomic E-state index is 0.0656. The highest BCUT2D eigenvalue weighted by Gasteiger charge is 2.35. The number of aromatic nitrogens is 2. The predicted octanol–water partition coefficient (Wildman–Crippen LogP) is 4.17. The molecule has 1 unspecified atom stereocenters. The van der Waals surface area contributed by atoms with E-state index in [-0.39, 0.29) is 17.7 Å². The summed E-state index contributed by atoms with van der Waals surface area (Å²) in [5.41, 5.74) is 5.00. The van der Waals surface area contributed by atoms with Gasteiger partial charge in [-0.25, -0.2) is 4.98 Å². The van der Waals surface area contributed by atoms with Crippen LogP contribution in [0.25, 0.3) is 0 Å². The van der Waals surface area contributed by atoms with Crippen molar-refractivity contribution < 1.29 is 9.90 Å². The Morgan fingerprint density at radius 2 is 1.93 bits per heavy atom. The first-order valence-electron chi connectivity index (χ1n) is 8.85. The summed E-state index contributed by atoms with van der Waals surface area (Å²) in [4.78, 5) is 23.0. The summed E-state index contributed by atoms with van der Waals surface area (Å²) in [5, 5.41) is 10.6. The van der Waals surface area contributed by atoms with Crippen LogP contribution >= 0.6 is 11.6 Å². The summed E-state index contributed by atoms with van der Waals surface area (Å²) < 4.78 is 0. The van der Waals surface area contributed by atoms with E-state index in [1.165, 1.54) is 0 Å². The second-order valence-corrected chi connectivity index (χ2v) is 7.29. The van der Waals surface area contributed by atoms with Crippen LogP contribution in [0.5, 0.6) is 5.75 Å². The zero-order chi connectivity index (χ0) is 19.1. The highest BCUT2D eigenvalue weighted by Crippen LogP contribution is 2.35. The van der Waals surface area contributed by atoms with Gasteiger partial charge in [0.25, 0.3) is 5.91 Å². The average molecular weight is 382 g/mol. The number of imidazole rings is 1. The molecule has 0 saturated heterocycles. The number of phenols is 1. The first-order valence-corrected chi connectivity index (χ1v) is 9.23. The number of hydrogen-bond donors (Lipinski definition) is 2. The van der Waals surface area contributed by atoms with E-state index in [0.29, 0.717) is 17.1 Å². The lowest BCUT2D eigenvalue weighted by atomic mass is 9.93. The van der Waals surface area contributed by atoms with E-state index in [2.05, 4.69) is 9.97 Å². The number of H-pyrrole nitrogens is 1. The van der Waals surface area contributed by atoms with Crippen LogP contribution in [-0.2, 0) is 6.42 Å². The number of rotatable bonds is 2. The number of aromatic amines is 1. The van der Waals surface area contributed by atoms with Gasteiger partial charge in [0.2, 0.25) is 0 Å². The number of aromatic hydroxyl groups is 1. The fourth-order valence-corrected chi connectivity index (χ4v) is 3.80. The van der Waals surface area contributed by atoms with Gasteiger partial charge in [-0.05, 0) is 54.8 Å². The van der Waals surface area contributed by atoms with Crippen LogP contribution < -0.4 is 0 Å². The van der Waals surface area contributed by atoms with E-state index in [9.17, 15) is 9.90 Å². The largest absolute Gasteiger partial charge is 0.508 e. The predicted molar refractivity (Wildman–Crippen MR) is 104 cm³/mol. The quantitative estimate of drug-likeness (QED) is 0.699. The first kappa shape index (κ1) is 17.6. The lowest BCUT2D eigenvalue weighted by molar-refractivity contribution is 0.0689.